The van der Waals surface area contributed by atoms with E-state index in [0.717, 1.165) is 42.5 Å². The summed E-state index contributed by atoms with van der Waals surface area (Å²) in [4.78, 5) is 18.7. The van der Waals surface area contributed by atoms with E-state index in [9.17, 15) is 4.79 Å². The molecule has 0 aromatic carbocycles. The molecule has 120 valence electrons. The lowest BCUT2D eigenvalue weighted by Gasteiger charge is -2.17. The van der Waals surface area contributed by atoms with Crippen molar-refractivity contribution >= 4 is 17.2 Å². The number of furan rings is 1. The van der Waals surface area contributed by atoms with E-state index in [4.69, 9.17) is 4.42 Å². The topological polar surface area (TPSA) is 58.4 Å². The molecule has 0 radical (unpaired) electrons. The first-order valence-electron chi connectivity index (χ1n) is 7.70. The lowest BCUT2D eigenvalue weighted by atomic mass is 10.3. The molecule has 0 atom stereocenters. The van der Waals surface area contributed by atoms with Gasteiger partial charge in [0.15, 0.2) is 10.8 Å². The molecule has 6 heteroatoms. The fraction of sp³-hybridized carbons (Fsp3) is 0.500. The molecule has 5 nitrogen and oxygen atoms in total. The zero-order valence-electron chi connectivity index (χ0n) is 13.2. The largest absolute Gasteiger partial charge is 0.462 e. The molecule has 0 aliphatic rings. The van der Waals surface area contributed by atoms with Crippen LogP contribution in [0.25, 0.3) is 10.8 Å². The van der Waals surface area contributed by atoms with E-state index < -0.39 is 0 Å². The molecule has 0 aliphatic carbocycles. The van der Waals surface area contributed by atoms with Crippen molar-refractivity contribution in [1.29, 1.82) is 0 Å². The molecular weight excluding hydrogens is 298 g/mol. The quantitative estimate of drug-likeness (QED) is 0.722. The smallest absolute Gasteiger partial charge is 0.226 e. The second-order valence-corrected chi connectivity index (χ2v) is 5.89. The third-order valence-electron chi connectivity index (χ3n) is 3.49. The maximum Gasteiger partial charge on any atom is 0.226 e. The molecule has 2 aromatic rings. The molecule has 0 unspecified atom stereocenters. The van der Waals surface area contributed by atoms with Crippen LogP contribution in [-0.4, -0.2) is 42.0 Å². The Balaban J connectivity index is 1.71. The van der Waals surface area contributed by atoms with E-state index in [0.29, 0.717) is 13.0 Å². The van der Waals surface area contributed by atoms with E-state index >= 15 is 0 Å². The Labute approximate surface area is 135 Å². The molecule has 2 heterocycles. The highest BCUT2D eigenvalue weighted by atomic mass is 32.1. The van der Waals surface area contributed by atoms with Gasteiger partial charge < -0.3 is 14.6 Å². The number of hydrogen-bond acceptors (Lipinski definition) is 5. The lowest BCUT2D eigenvalue weighted by Crippen LogP contribution is -2.30. The van der Waals surface area contributed by atoms with Gasteiger partial charge in [-0.25, -0.2) is 4.98 Å². The predicted octanol–water partition coefficient (Wildman–Crippen LogP) is 2.79. The van der Waals surface area contributed by atoms with Crippen molar-refractivity contribution in [2.45, 2.75) is 26.7 Å². The van der Waals surface area contributed by atoms with Crippen LogP contribution in [0.5, 0.6) is 0 Å². The van der Waals surface area contributed by atoms with Crippen molar-refractivity contribution < 1.29 is 9.21 Å². The summed E-state index contributed by atoms with van der Waals surface area (Å²) in [6, 6.07) is 3.70. The van der Waals surface area contributed by atoms with Crippen molar-refractivity contribution in [3.63, 3.8) is 0 Å². The minimum atomic E-state index is 0.0239. The third-order valence-corrected chi connectivity index (χ3v) is 4.40. The normalized spacial score (nSPS) is 11.0. The van der Waals surface area contributed by atoms with Crippen molar-refractivity contribution in [2.24, 2.45) is 0 Å². The molecule has 0 saturated heterocycles. The number of hydrogen-bond donors (Lipinski definition) is 1. The van der Waals surface area contributed by atoms with Gasteiger partial charge in [0, 0.05) is 11.9 Å². The van der Waals surface area contributed by atoms with Crippen LogP contribution >= 0.6 is 11.3 Å². The molecule has 1 amide bonds. The zero-order chi connectivity index (χ0) is 15.8. The Morgan fingerprint density at radius 1 is 1.41 bits per heavy atom. The summed E-state index contributed by atoms with van der Waals surface area (Å²) in [5, 5.41) is 5.68. The predicted molar refractivity (Wildman–Crippen MR) is 88.9 cm³/mol. The second kappa shape index (κ2) is 8.70. The van der Waals surface area contributed by atoms with Crippen LogP contribution in [0.4, 0.5) is 0 Å². The number of aromatic nitrogens is 1. The fourth-order valence-corrected chi connectivity index (χ4v) is 2.98. The first-order chi connectivity index (χ1) is 10.7. The van der Waals surface area contributed by atoms with Gasteiger partial charge >= 0.3 is 0 Å². The van der Waals surface area contributed by atoms with E-state index in [2.05, 4.69) is 29.0 Å². The molecule has 22 heavy (non-hydrogen) atoms. The Kier molecular flexibility index (Phi) is 6.61. The van der Waals surface area contributed by atoms with Crippen molar-refractivity contribution in [2.75, 3.05) is 26.2 Å². The monoisotopic (exact) mass is 321 g/mol. The number of nitrogens with zero attached hydrogens (tertiary/aromatic N) is 2. The Bertz CT molecular complexity index is 562. The van der Waals surface area contributed by atoms with Crippen LogP contribution in [-0.2, 0) is 11.2 Å². The van der Waals surface area contributed by atoms with E-state index in [1.54, 1.807) is 6.26 Å². The van der Waals surface area contributed by atoms with Crippen LogP contribution < -0.4 is 5.32 Å². The Morgan fingerprint density at radius 2 is 2.23 bits per heavy atom. The van der Waals surface area contributed by atoms with E-state index in [1.807, 2.05) is 17.5 Å². The van der Waals surface area contributed by atoms with Crippen molar-refractivity contribution in [3.05, 3.63) is 29.5 Å². The molecule has 0 bridgehead atoms. The average molecular weight is 321 g/mol. The summed E-state index contributed by atoms with van der Waals surface area (Å²) in [7, 11) is 0. The van der Waals surface area contributed by atoms with Crippen molar-refractivity contribution in [1.82, 2.24) is 15.2 Å². The maximum atomic E-state index is 11.9. The minimum absolute atomic E-state index is 0.0239. The van der Waals surface area contributed by atoms with Gasteiger partial charge in [-0.2, -0.15) is 0 Å². The highest BCUT2D eigenvalue weighted by Gasteiger charge is 2.10. The van der Waals surface area contributed by atoms with Gasteiger partial charge in [0.2, 0.25) is 5.91 Å². The van der Waals surface area contributed by atoms with Crippen molar-refractivity contribution in [3.8, 4) is 10.8 Å². The van der Waals surface area contributed by atoms with Gasteiger partial charge in [0.1, 0.15) is 0 Å². The second-order valence-electron chi connectivity index (χ2n) is 5.03. The highest BCUT2D eigenvalue weighted by Crippen LogP contribution is 2.23. The molecule has 0 aliphatic heterocycles. The number of nitrogens with one attached hydrogen (secondary N) is 1. The maximum absolute atomic E-state index is 11.9. The van der Waals surface area contributed by atoms with Crippen LogP contribution in [0.1, 0.15) is 26.0 Å². The van der Waals surface area contributed by atoms with Gasteiger partial charge in [-0.05, 0) is 38.2 Å². The van der Waals surface area contributed by atoms with Crippen LogP contribution in [0.3, 0.4) is 0 Å². The summed E-state index contributed by atoms with van der Waals surface area (Å²) in [6.45, 7) is 8.15. The molecular formula is C16H23N3O2S. The summed E-state index contributed by atoms with van der Waals surface area (Å²) in [5.74, 6) is 0.770. The SMILES string of the molecule is CCN(CC)CCCNC(=O)Cc1csc(-c2ccco2)n1. The van der Waals surface area contributed by atoms with Crippen LogP contribution in [0.15, 0.2) is 28.2 Å². The molecule has 0 fully saturated rings. The molecule has 1 N–H and O–H groups in total. The van der Waals surface area contributed by atoms with Gasteiger partial charge in [-0.3, -0.25) is 4.79 Å². The first kappa shape index (κ1) is 16.7. The minimum Gasteiger partial charge on any atom is -0.462 e. The number of carbonyl (C=O) groups is 1. The Morgan fingerprint density at radius 3 is 2.91 bits per heavy atom. The fourth-order valence-electron chi connectivity index (χ4n) is 2.20. The molecule has 2 rings (SSSR count). The first-order valence-corrected chi connectivity index (χ1v) is 8.58. The summed E-state index contributed by atoms with van der Waals surface area (Å²) < 4.78 is 5.30. The van der Waals surface area contributed by atoms with Crippen LogP contribution in [0, 0.1) is 0 Å². The van der Waals surface area contributed by atoms with Crippen LogP contribution in [0.2, 0.25) is 0 Å². The van der Waals surface area contributed by atoms with Gasteiger partial charge in [-0.15, -0.1) is 11.3 Å². The number of rotatable bonds is 9. The number of carbonyl (C=O) groups excluding carboxylic acids is 1. The molecule has 0 spiro atoms. The summed E-state index contributed by atoms with van der Waals surface area (Å²) in [5.41, 5.74) is 0.789. The summed E-state index contributed by atoms with van der Waals surface area (Å²) in [6.07, 6.45) is 2.92. The van der Waals surface area contributed by atoms with Gasteiger partial charge in [0.05, 0.1) is 18.4 Å². The standard InChI is InChI=1S/C16H23N3O2S/c1-3-19(4-2)9-6-8-17-15(20)11-13-12-22-16(18-13)14-7-5-10-21-14/h5,7,10,12H,3-4,6,8-9,11H2,1-2H3,(H,17,20). The highest BCUT2D eigenvalue weighted by molar-refractivity contribution is 7.13. The molecule has 2 aromatic heterocycles. The number of amides is 1. The number of thiazole rings is 1. The van der Waals surface area contributed by atoms with Gasteiger partial charge in [0.25, 0.3) is 0 Å². The Hall–Kier alpha value is -1.66. The summed E-state index contributed by atoms with van der Waals surface area (Å²) >= 11 is 1.50. The zero-order valence-corrected chi connectivity index (χ0v) is 14.0. The lowest BCUT2D eigenvalue weighted by molar-refractivity contribution is -0.120. The third kappa shape index (κ3) is 4.96. The molecule has 0 saturated carbocycles. The van der Waals surface area contributed by atoms with E-state index in [1.165, 1.54) is 11.3 Å². The average Bonchev–Trinajstić information content (AvgIpc) is 3.18. The van der Waals surface area contributed by atoms with Gasteiger partial charge in [-0.1, -0.05) is 13.8 Å². The van der Waals surface area contributed by atoms with E-state index in [-0.39, 0.29) is 5.91 Å².